The van der Waals surface area contributed by atoms with Gasteiger partial charge in [-0.25, -0.2) is 0 Å². The van der Waals surface area contributed by atoms with Crippen molar-refractivity contribution in [2.45, 2.75) is 0 Å². The molecule has 56 heavy (non-hydrogen) atoms. The van der Waals surface area contributed by atoms with Gasteiger partial charge in [-0.15, -0.1) is 0 Å². The highest BCUT2D eigenvalue weighted by molar-refractivity contribution is 6.20. The second-order valence-electron chi connectivity index (χ2n) is 13.5. The van der Waals surface area contributed by atoms with E-state index in [2.05, 4.69) is 0 Å². The van der Waals surface area contributed by atoms with E-state index in [1.165, 1.54) is 4.90 Å². The van der Waals surface area contributed by atoms with Crippen LogP contribution in [0, 0.1) is 0 Å². The van der Waals surface area contributed by atoms with E-state index in [1.807, 2.05) is 103 Å². The van der Waals surface area contributed by atoms with Gasteiger partial charge in [-0.3, -0.25) is 0 Å². The number of fused-ring (bicyclic) bond motifs is 8. The van der Waals surface area contributed by atoms with Gasteiger partial charge in [-0.1, -0.05) is 164 Å². The Balaban J connectivity index is 1.21. The molecule has 0 unspecified atom stereocenters. The number of benzene rings is 10. The second kappa shape index (κ2) is 13.2. The molecule has 2 nitrogen and oxygen atoms in total. The summed E-state index contributed by atoms with van der Waals surface area (Å²) < 4.78 is 126. The Morgan fingerprint density at radius 3 is 1.75 bits per heavy atom. The first-order chi connectivity index (χ1) is 33.2. The molecule has 0 aliphatic rings. The van der Waals surface area contributed by atoms with Crippen molar-refractivity contribution < 1.29 is 22.2 Å². The van der Waals surface area contributed by atoms with Crippen molar-refractivity contribution in [3.8, 4) is 33.4 Å². The van der Waals surface area contributed by atoms with E-state index in [0.717, 1.165) is 37.7 Å². The summed E-state index contributed by atoms with van der Waals surface area (Å²) in [5, 5.41) is 7.15. The molecule has 0 fully saturated rings. The quantitative estimate of drug-likeness (QED) is 0.159. The van der Waals surface area contributed by atoms with Crippen LogP contribution in [0.25, 0.3) is 87.6 Å². The maximum Gasteiger partial charge on any atom is 0.143 e. The fraction of sp³-hybridized carbons (Fsp3) is 0. The SMILES string of the molecule is [2H]c1c([2H])c([2H])c(-c2c([2H])c([2H])c(N(c3ccccc3-c3cccc4oc5c6ccccc6ccc5c34)c3c([2H])c([2H])c(-c4ccc5c(ccc6ccccc65)c4)c([2H])c3[2H])c([2H])c2[2H])c([2H])c1[2H]. The Hall–Kier alpha value is -7.42. The van der Waals surface area contributed by atoms with E-state index in [9.17, 15) is 11.0 Å². The monoisotopic (exact) mass is 726 g/mol. The van der Waals surface area contributed by atoms with Gasteiger partial charge in [-0.2, -0.15) is 0 Å². The zero-order chi connectivity index (χ0) is 48.3. The molecule has 0 saturated carbocycles. The highest BCUT2D eigenvalue weighted by Gasteiger charge is 2.21. The third-order valence-electron chi connectivity index (χ3n) is 10.3. The molecule has 262 valence electrons. The van der Waals surface area contributed by atoms with Gasteiger partial charge in [0.05, 0.1) is 23.5 Å². The molecule has 0 aliphatic heterocycles. The average molecular weight is 727 g/mol. The molecule has 2 heteroatoms. The van der Waals surface area contributed by atoms with Crippen LogP contribution in [0.4, 0.5) is 17.1 Å². The summed E-state index contributed by atoms with van der Waals surface area (Å²) in [6.07, 6.45) is 0. The van der Waals surface area contributed by atoms with E-state index in [4.69, 9.17) is 11.3 Å². The molecular formula is C54H35NO. The maximum atomic E-state index is 9.76. The van der Waals surface area contributed by atoms with Crippen molar-refractivity contribution in [2.75, 3.05) is 4.90 Å². The van der Waals surface area contributed by atoms with Crippen molar-refractivity contribution in [1.29, 1.82) is 0 Å². The predicted molar refractivity (Wildman–Crippen MR) is 237 cm³/mol. The Bertz CT molecular complexity index is 3950. The number of anilines is 3. The first kappa shape index (κ1) is 21.5. The summed E-state index contributed by atoms with van der Waals surface area (Å²) in [5.74, 6) is 0. The van der Waals surface area contributed by atoms with Crippen LogP contribution in [0.3, 0.4) is 0 Å². The number of para-hydroxylation sites is 1. The van der Waals surface area contributed by atoms with Gasteiger partial charge in [0, 0.05) is 33.1 Å². The molecule has 0 saturated heterocycles. The van der Waals surface area contributed by atoms with Crippen LogP contribution in [-0.4, -0.2) is 0 Å². The third-order valence-corrected chi connectivity index (χ3v) is 10.3. The minimum Gasteiger partial charge on any atom is -0.455 e. The van der Waals surface area contributed by atoms with Gasteiger partial charge in [0.2, 0.25) is 0 Å². The molecule has 0 spiro atoms. The smallest absolute Gasteiger partial charge is 0.143 e. The molecule has 11 rings (SSSR count). The third kappa shape index (κ3) is 5.34. The van der Waals surface area contributed by atoms with Crippen LogP contribution in [0.15, 0.2) is 216 Å². The molecule has 11 aromatic rings. The summed E-state index contributed by atoms with van der Waals surface area (Å²) >= 11 is 0. The maximum absolute atomic E-state index is 9.76. The first-order valence-corrected chi connectivity index (χ1v) is 18.1. The van der Waals surface area contributed by atoms with E-state index in [-0.39, 0.29) is 16.9 Å². The zero-order valence-corrected chi connectivity index (χ0v) is 29.6. The number of hydrogen-bond acceptors (Lipinski definition) is 2. The van der Waals surface area contributed by atoms with E-state index < -0.39 is 95.4 Å². The molecule has 10 aromatic carbocycles. The molecule has 0 aliphatic carbocycles. The van der Waals surface area contributed by atoms with Crippen molar-refractivity contribution in [2.24, 2.45) is 0 Å². The van der Waals surface area contributed by atoms with Gasteiger partial charge < -0.3 is 9.32 Å². The number of nitrogens with zero attached hydrogens (tertiary/aromatic N) is 1. The number of rotatable bonds is 6. The van der Waals surface area contributed by atoms with Gasteiger partial charge >= 0.3 is 0 Å². The predicted octanol–water partition coefficient (Wildman–Crippen LogP) is 15.5. The molecule has 0 amide bonds. The number of hydrogen-bond donors (Lipinski definition) is 0. The lowest BCUT2D eigenvalue weighted by Crippen LogP contribution is -2.11. The lowest BCUT2D eigenvalue weighted by atomic mass is 9.95. The van der Waals surface area contributed by atoms with Crippen molar-refractivity contribution in [1.82, 2.24) is 0 Å². The first-order valence-electron chi connectivity index (χ1n) is 24.6. The average Bonchev–Trinajstić information content (AvgIpc) is 3.76. The standard InChI is InChI=1S/C54H35NO/c1-2-11-36(12-3-1)37-23-29-43(30-24-37)55(44-31-25-38(26-32-44)41-28-33-46-42(35-41)22-21-39-13-4-6-15-45(39)46)51-19-9-8-17-48(51)49-18-10-20-52-53(49)50-34-27-40-14-5-7-16-47(40)54(50)56-52/h1-35H/i1D,2D,3D,11D,12D,23D,24D,25D,26D,29D,30D,31D,32D. The van der Waals surface area contributed by atoms with Gasteiger partial charge in [0.25, 0.3) is 0 Å². The molecule has 0 atom stereocenters. The molecule has 1 heterocycles. The summed E-state index contributed by atoms with van der Waals surface area (Å²) in [5.41, 5.74) is 0.948. The summed E-state index contributed by atoms with van der Waals surface area (Å²) in [4.78, 5) is 1.22. The minimum absolute atomic E-state index is 0.00925. The summed E-state index contributed by atoms with van der Waals surface area (Å²) in [6.45, 7) is 0. The van der Waals surface area contributed by atoms with Crippen LogP contribution < -0.4 is 4.90 Å². The fourth-order valence-electron chi connectivity index (χ4n) is 7.68. The van der Waals surface area contributed by atoms with Crippen molar-refractivity contribution >= 4 is 71.3 Å². The van der Waals surface area contributed by atoms with Crippen LogP contribution in [0.1, 0.15) is 17.8 Å². The topological polar surface area (TPSA) is 16.4 Å². The van der Waals surface area contributed by atoms with Crippen LogP contribution in [-0.2, 0) is 0 Å². The van der Waals surface area contributed by atoms with Crippen LogP contribution in [0.2, 0.25) is 0 Å². The van der Waals surface area contributed by atoms with Gasteiger partial charge in [-0.05, 0) is 103 Å². The molecule has 0 N–H and O–H groups in total. The normalized spacial score (nSPS) is 14.8. The molecular weight excluding hydrogens is 679 g/mol. The Kier molecular flexibility index (Phi) is 5.04. The zero-order valence-electron chi connectivity index (χ0n) is 42.6. The molecule has 0 bridgehead atoms. The van der Waals surface area contributed by atoms with Crippen molar-refractivity contribution in [3.05, 3.63) is 212 Å². The Labute approximate surface area is 343 Å². The lowest BCUT2D eigenvalue weighted by molar-refractivity contribution is 0.673. The highest BCUT2D eigenvalue weighted by Crippen LogP contribution is 2.46. The Morgan fingerprint density at radius 2 is 0.964 bits per heavy atom. The largest absolute Gasteiger partial charge is 0.455 e. The van der Waals surface area contributed by atoms with E-state index >= 15 is 0 Å². The fourth-order valence-corrected chi connectivity index (χ4v) is 7.68. The second-order valence-corrected chi connectivity index (χ2v) is 13.5. The molecule has 0 radical (unpaired) electrons. The van der Waals surface area contributed by atoms with E-state index in [1.54, 1.807) is 30.3 Å². The van der Waals surface area contributed by atoms with Crippen LogP contribution in [0.5, 0.6) is 0 Å². The molecule has 1 aromatic heterocycles. The summed E-state index contributed by atoms with van der Waals surface area (Å²) in [6, 6.07) is 33.0. The number of furan rings is 1. The lowest BCUT2D eigenvalue weighted by Gasteiger charge is -2.28. The summed E-state index contributed by atoms with van der Waals surface area (Å²) in [7, 11) is 0. The van der Waals surface area contributed by atoms with Crippen molar-refractivity contribution in [3.63, 3.8) is 0 Å². The van der Waals surface area contributed by atoms with Gasteiger partial charge in [0.15, 0.2) is 0 Å². The Morgan fingerprint density at radius 1 is 0.393 bits per heavy atom. The van der Waals surface area contributed by atoms with Gasteiger partial charge in [0.1, 0.15) is 11.2 Å². The minimum atomic E-state index is -0.752. The highest BCUT2D eigenvalue weighted by atomic mass is 16.3. The van der Waals surface area contributed by atoms with Crippen LogP contribution >= 0.6 is 0 Å². The van der Waals surface area contributed by atoms with E-state index in [0.29, 0.717) is 33.2 Å².